The van der Waals surface area contributed by atoms with Gasteiger partial charge < -0.3 is 9.47 Å². The molecule has 0 N–H and O–H groups in total. The molecule has 1 aliphatic rings. The first-order valence-electron chi connectivity index (χ1n) is 7.15. The molecule has 1 aliphatic carbocycles. The average Bonchev–Trinajstić information content (AvgIpc) is 2.49. The number of carbonyl (C=O) groups is 1. The summed E-state index contributed by atoms with van der Waals surface area (Å²) in [6.45, 7) is 4.96. The number of ether oxygens (including phenoxy) is 2. The van der Waals surface area contributed by atoms with Crippen LogP contribution in [0.25, 0.3) is 0 Å². The van der Waals surface area contributed by atoms with E-state index in [0.29, 0.717) is 30.3 Å². The van der Waals surface area contributed by atoms with E-state index in [-0.39, 0.29) is 5.78 Å². The van der Waals surface area contributed by atoms with Crippen LogP contribution in [0, 0.1) is 0 Å². The van der Waals surface area contributed by atoms with Gasteiger partial charge in [0.2, 0.25) is 0 Å². The fourth-order valence-electron chi connectivity index (χ4n) is 2.18. The van der Waals surface area contributed by atoms with E-state index >= 15 is 0 Å². The Bertz CT molecular complexity index is 588. The Morgan fingerprint density at radius 1 is 1.10 bits per heavy atom. The molecular weight excluding hydrogens is 379 g/mol. The van der Waals surface area contributed by atoms with Gasteiger partial charge in [-0.15, -0.1) is 0 Å². The fourth-order valence-corrected chi connectivity index (χ4v) is 2.63. The Labute approximate surface area is 139 Å². The van der Waals surface area contributed by atoms with Crippen molar-refractivity contribution in [2.24, 2.45) is 0 Å². The number of hydrogen-bond donors (Lipinski definition) is 0. The lowest BCUT2D eigenvalue weighted by Gasteiger charge is -2.14. The summed E-state index contributed by atoms with van der Waals surface area (Å²) in [7, 11) is 0. The van der Waals surface area contributed by atoms with Crippen LogP contribution in [0.3, 0.4) is 0 Å². The molecule has 1 aromatic rings. The van der Waals surface area contributed by atoms with Crippen LogP contribution in [-0.4, -0.2) is 19.0 Å². The quantitative estimate of drug-likeness (QED) is 0.515. The molecule has 4 heteroatoms. The van der Waals surface area contributed by atoms with Crippen molar-refractivity contribution in [1.82, 2.24) is 0 Å². The second-order valence-electron chi connectivity index (χ2n) is 4.66. The van der Waals surface area contributed by atoms with E-state index in [1.54, 1.807) is 12.1 Å². The zero-order chi connectivity index (χ0) is 15.2. The molecule has 3 nitrogen and oxygen atoms in total. The normalized spacial score (nSPS) is 14.2. The topological polar surface area (TPSA) is 35.5 Å². The van der Waals surface area contributed by atoms with Crippen LogP contribution < -0.4 is 9.47 Å². The Morgan fingerprint density at radius 3 is 2.43 bits per heavy atom. The van der Waals surface area contributed by atoms with Gasteiger partial charge >= 0.3 is 0 Å². The lowest BCUT2D eigenvalue weighted by molar-refractivity contribution is 0.103. The molecule has 0 saturated heterocycles. The van der Waals surface area contributed by atoms with Gasteiger partial charge in [-0.2, -0.15) is 0 Å². The first kappa shape index (κ1) is 16.1. The number of Topliss-reactive ketones (excluding diaryl/α,β-unsaturated/α-hetero) is 1. The van der Waals surface area contributed by atoms with Crippen LogP contribution in [0.4, 0.5) is 0 Å². The van der Waals surface area contributed by atoms with Crippen LogP contribution in [-0.2, 0) is 0 Å². The second kappa shape index (κ2) is 7.64. The van der Waals surface area contributed by atoms with E-state index in [1.165, 1.54) is 3.58 Å². The van der Waals surface area contributed by atoms with Gasteiger partial charge in [-0.05, 0) is 71.1 Å². The Kier molecular flexibility index (Phi) is 5.85. The highest BCUT2D eigenvalue weighted by atomic mass is 127. The summed E-state index contributed by atoms with van der Waals surface area (Å²) in [5.74, 6) is 1.38. The molecule has 0 unspecified atom stereocenters. The first-order valence-corrected chi connectivity index (χ1v) is 8.23. The van der Waals surface area contributed by atoms with Crippen LogP contribution in [0.2, 0.25) is 0 Å². The third-order valence-corrected chi connectivity index (χ3v) is 4.09. The molecule has 21 heavy (non-hydrogen) atoms. The van der Waals surface area contributed by atoms with Gasteiger partial charge in [0, 0.05) is 11.1 Å². The van der Waals surface area contributed by atoms with Crippen molar-refractivity contribution in [2.75, 3.05) is 13.2 Å². The zero-order valence-electron chi connectivity index (χ0n) is 12.3. The molecule has 0 heterocycles. The van der Waals surface area contributed by atoms with Crippen LogP contribution >= 0.6 is 22.6 Å². The number of halogens is 1. The summed E-state index contributed by atoms with van der Waals surface area (Å²) < 4.78 is 12.4. The van der Waals surface area contributed by atoms with E-state index in [0.717, 1.165) is 18.4 Å². The van der Waals surface area contributed by atoms with Gasteiger partial charge in [-0.3, -0.25) is 4.79 Å². The lowest BCUT2D eigenvalue weighted by atomic mass is 9.96. The summed E-state index contributed by atoms with van der Waals surface area (Å²) in [6, 6.07) is 5.39. The van der Waals surface area contributed by atoms with E-state index in [2.05, 4.69) is 22.6 Å². The van der Waals surface area contributed by atoms with Crippen molar-refractivity contribution in [3.8, 4) is 11.5 Å². The third-order valence-electron chi connectivity index (χ3n) is 3.20. The number of ketones is 1. The predicted octanol–water partition coefficient (Wildman–Crippen LogP) is 4.71. The maximum Gasteiger partial charge on any atom is 0.189 e. The molecule has 0 aromatic heterocycles. The minimum atomic E-state index is 0.0687. The van der Waals surface area contributed by atoms with Gasteiger partial charge in [0.15, 0.2) is 17.3 Å². The van der Waals surface area contributed by atoms with Crippen LogP contribution in [0.1, 0.15) is 37.0 Å². The molecule has 0 spiro atoms. The largest absolute Gasteiger partial charge is 0.490 e. The standard InChI is InChI=1S/C17H19IO3/c1-3-20-15-10-7-13(11-16(15)21-4-2)17(19)12-5-8-14(18)9-6-12/h5,7-8,10-11H,3-4,6,9H2,1-2H3. The van der Waals surface area contributed by atoms with Crippen molar-refractivity contribution < 1.29 is 14.3 Å². The van der Waals surface area contributed by atoms with Crippen LogP contribution in [0.15, 0.2) is 39.5 Å². The highest BCUT2D eigenvalue weighted by Gasteiger charge is 2.17. The van der Waals surface area contributed by atoms with Crippen LogP contribution in [0.5, 0.6) is 11.5 Å². The molecule has 0 fully saturated rings. The fraction of sp³-hybridized carbons (Fsp3) is 0.353. The first-order chi connectivity index (χ1) is 10.2. The molecule has 0 bridgehead atoms. The predicted molar refractivity (Wildman–Crippen MR) is 92.5 cm³/mol. The number of benzene rings is 1. The van der Waals surface area contributed by atoms with Gasteiger partial charge in [0.1, 0.15) is 0 Å². The summed E-state index contributed by atoms with van der Waals surface area (Å²) in [5.41, 5.74) is 1.50. The Hall–Kier alpha value is -1.30. The minimum absolute atomic E-state index is 0.0687. The Balaban J connectivity index is 2.27. The maximum absolute atomic E-state index is 12.5. The molecule has 0 atom stereocenters. The molecule has 112 valence electrons. The zero-order valence-corrected chi connectivity index (χ0v) is 14.5. The van der Waals surface area contributed by atoms with E-state index in [4.69, 9.17) is 9.47 Å². The smallest absolute Gasteiger partial charge is 0.189 e. The van der Waals surface area contributed by atoms with E-state index in [1.807, 2.05) is 32.1 Å². The van der Waals surface area contributed by atoms with Gasteiger partial charge in [0.25, 0.3) is 0 Å². The molecular formula is C17H19IO3. The number of allylic oxidation sites excluding steroid dienone is 4. The minimum Gasteiger partial charge on any atom is -0.490 e. The van der Waals surface area contributed by atoms with Gasteiger partial charge in [0.05, 0.1) is 13.2 Å². The van der Waals surface area contributed by atoms with Crippen molar-refractivity contribution in [3.63, 3.8) is 0 Å². The molecule has 0 saturated carbocycles. The lowest BCUT2D eigenvalue weighted by Crippen LogP contribution is -2.07. The molecule has 0 radical (unpaired) electrons. The number of carbonyl (C=O) groups excluding carboxylic acids is 1. The summed E-state index contributed by atoms with van der Waals surface area (Å²) in [4.78, 5) is 12.5. The van der Waals surface area contributed by atoms with Crippen molar-refractivity contribution in [3.05, 3.63) is 45.1 Å². The van der Waals surface area contributed by atoms with Gasteiger partial charge in [-0.25, -0.2) is 0 Å². The molecule has 0 amide bonds. The Morgan fingerprint density at radius 2 is 1.81 bits per heavy atom. The van der Waals surface area contributed by atoms with Gasteiger partial charge in [-0.1, -0.05) is 12.2 Å². The monoisotopic (exact) mass is 398 g/mol. The molecule has 2 rings (SSSR count). The van der Waals surface area contributed by atoms with E-state index < -0.39 is 0 Å². The SMILES string of the molecule is CCOc1ccc(C(=O)C2=CC=C(I)CC2)cc1OCC. The van der Waals surface area contributed by atoms with Crippen molar-refractivity contribution >= 4 is 28.4 Å². The maximum atomic E-state index is 12.5. The number of rotatable bonds is 6. The molecule has 1 aromatic carbocycles. The second-order valence-corrected chi connectivity index (χ2v) is 6.05. The average molecular weight is 398 g/mol. The summed E-state index contributed by atoms with van der Waals surface area (Å²) in [6.07, 6.45) is 5.66. The summed E-state index contributed by atoms with van der Waals surface area (Å²) in [5, 5.41) is 0. The highest BCUT2D eigenvalue weighted by molar-refractivity contribution is 14.1. The third kappa shape index (κ3) is 4.09. The number of hydrogen-bond acceptors (Lipinski definition) is 3. The van der Waals surface area contributed by atoms with E-state index in [9.17, 15) is 4.79 Å². The van der Waals surface area contributed by atoms with Crippen molar-refractivity contribution in [2.45, 2.75) is 26.7 Å². The summed E-state index contributed by atoms with van der Waals surface area (Å²) >= 11 is 2.30. The molecule has 0 aliphatic heterocycles. The van der Waals surface area contributed by atoms with Crippen molar-refractivity contribution in [1.29, 1.82) is 0 Å². The highest BCUT2D eigenvalue weighted by Crippen LogP contribution is 2.31.